The van der Waals surface area contributed by atoms with Crippen LogP contribution in [0.4, 0.5) is 0 Å². The molecule has 2 atom stereocenters. The number of aliphatic hydroxyl groups excluding tert-OH is 1. The molecule has 0 spiro atoms. The topological polar surface area (TPSA) is 101 Å². The van der Waals surface area contributed by atoms with Crippen LogP contribution < -0.4 is 16.8 Å². The van der Waals surface area contributed by atoms with Crippen LogP contribution in [0, 0.1) is 0 Å². The molecule has 6 heteroatoms. The predicted molar refractivity (Wildman–Crippen MR) is 59.3 cm³/mol. The lowest BCUT2D eigenvalue weighted by molar-refractivity contribution is -0.119. The van der Waals surface area contributed by atoms with Gasteiger partial charge >= 0.3 is 0 Å². The van der Waals surface area contributed by atoms with E-state index in [1.54, 1.807) is 0 Å². The molecule has 1 amide bonds. The lowest BCUT2D eigenvalue weighted by atomic mass is 10.2. The minimum Gasteiger partial charge on any atom is -0.387 e. The zero-order chi connectivity index (χ0) is 11.3. The van der Waals surface area contributed by atoms with Gasteiger partial charge in [-0.15, -0.1) is 0 Å². The number of thiophene rings is 1. The fraction of sp³-hybridized carbons (Fsp3) is 0.444. The van der Waals surface area contributed by atoms with Crippen LogP contribution in [0.5, 0.6) is 0 Å². The summed E-state index contributed by atoms with van der Waals surface area (Å²) in [6.45, 7) is 0.633. The van der Waals surface area contributed by atoms with E-state index in [-0.39, 0.29) is 6.54 Å². The summed E-state index contributed by atoms with van der Waals surface area (Å²) in [6, 6.07) is 1.14. The van der Waals surface area contributed by atoms with Crippen LogP contribution in [-0.2, 0) is 4.79 Å². The fourth-order valence-electron chi connectivity index (χ4n) is 1.06. The molecule has 2 unspecified atom stereocenters. The van der Waals surface area contributed by atoms with Crippen LogP contribution in [0.3, 0.4) is 0 Å². The predicted octanol–water partition coefficient (Wildman–Crippen LogP) is -0.816. The zero-order valence-electron chi connectivity index (χ0n) is 8.22. The Morgan fingerprint density at radius 2 is 2.33 bits per heavy atom. The molecule has 0 saturated carbocycles. The molecular formula is C9H15N3O2S. The third kappa shape index (κ3) is 3.96. The minimum absolute atomic E-state index is 0.274. The first kappa shape index (κ1) is 12.1. The molecule has 0 aliphatic rings. The Kier molecular flexibility index (Phi) is 4.70. The Labute approximate surface area is 92.1 Å². The highest BCUT2D eigenvalue weighted by Crippen LogP contribution is 2.14. The lowest BCUT2D eigenvalue weighted by Crippen LogP contribution is -2.45. The van der Waals surface area contributed by atoms with Crippen LogP contribution >= 0.6 is 11.3 Å². The first-order chi connectivity index (χ1) is 7.11. The van der Waals surface area contributed by atoms with Crippen molar-refractivity contribution < 1.29 is 9.90 Å². The molecule has 0 bridgehead atoms. The van der Waals surface area contributed by atoms with E-state index in [0.717, 1.165) is 5.56 Å². The van der Waals surface area contributed by atoms with Gasteiger partial charge in [-0.3, -0.25) is 4.79 Å². The first-order valence-electron chi connectivity index (χ1n) is 4.57. The molecule has 1 heterocycles. The lowest BCUT2D eigenvalue weighted by Gasteiger charge is -2.12. The van der Waals surface area contributed by atoms with Crippen molar-refractivity contribution in [1.82, 2.24) is 5.32 Å². The third-order valence-corrected chi connectivity index (χ3v) is 2.70. The van der Waals surface area contributed by atoms with Crippen molar-refractivity contribution in [2.24, 2.45) is 11.5 Å². The Bertz CT molecular complexity index is 302. The first-order valence-corrected chi connectivity index (χ1v) is 5.51. The Morgan fingerprint density at radius 3 is 2.87 bits per heavy atom. The maximum Gasteiger partial charge on any atom is 0.235 e. The van der Waals surface area contributed by atoms with E-state index in [1.807, 2.05) is 16.8 Å². The summed E-state index contributed by atoms with van der Waals surface area (Å²) >= 11 is 1.53. The highest BCUT2D eigenvalue weighted by Gasteiger charge is 2.11. The highest BCUT2D eigenvalue weighted by atomic mass is 32.1. The van der Waals surface area contributed by atoms with Crippen molar-refractivity contribution in [3.63, 3.8) is 0 Å². The van der Waals surface area contributed by atoms with E-state index in [0.29, 0.717) is 6.54 Å². The van der Waals surface area contributed by atoms with Gasteiger partial charge in [0.1, 0.15) is 0 Å². The second-order valence-electron chi connectivity index (χ2n) is 3.24. The Morgan fingerprint density at radius 1 is 1.60 bits per heavy atom. The average Bonchev–Trinajstić information content (AvgIpc) is 2.70. The van der Waals surface area contributed by atoms with E-state index in [4.69, 9.17) is 11.5 Å². The largest absolute Gasteiger partial charge is 0.387 e. The van der Waals surface area contributed by atoms with Gasteiger partial charge in [0.15, 0.2) is 0 Å². The number of primary amides is 1. The molecule has 0 saturated heterocycles. The second-order valence-corrected chi connectivity index (χ2v) is 4.02. The molecule has 0 aliphatic carbocycles. The second kappa shape index (κ2) is 5.82. The Hall–Kier alpha value is -0.950. The zero-order valence-corrected chi connectivity index (χ0v) is 9.04. The molecule has 6 N–H and O–H groups in total. The summed E-state index contributed by atoms with van der Waals surface area (Å²) in [7, 11) is 0. The molecule has 1 aromatic heterocycles. The van der Waals surface area contributed by atoms with Crippen LogP contribution in [-0.4, -0.2) is 30.1 Å². The van der Waals surface area contributed by atoms with E-state index in [1.165, 1.54) is 11.3 Å². The van der Waals surface area contributed by atoms with Gasteiger partial charge in [0, 0.05) is 13.1 Å². The monoisotopic (exact) mass is 229 g/mol. The van der Waals surface area contributed by atoms with Gasteiger partial charge in [-0.25, -0.2) is 0 Å². The highest BCUT2D eigenvalue weighted by molar-refractivity contribution is 7.07. The fourth-order valence-corrected chi connectivity index (χ4v) is 1.77. The van der Waals surface area contributed by atoms with E-state index in [2.05, 4.69) is 5.32 Å². The van der Waals surface area contributed by atoms with Crippen molar-refractivity contribution >= 4 is 17.2 Å². The normalized spacial score (nSPS) is 14.8. The number of hydrogen-bond acceptors (Lipinski definition) is 5. The van der Waals surface area contributed by atoms with Gasteiger partial charge in [-0.2, -0.15) is 11.3 Å². The summed E-state index contributed by atoms with van der Waals surface area (Å²) in [6.07, 6.45) is -0.573. The summed E-state index contributed by atoms with van der Waals surface area (Å²) < 4.78 is 0. The molecule has 1 aromatic rings. The van der Waals surface area contributed by atoms with E-state index >= 15 is 0 Å². The van der Waals surface area contributed by atoms with Gasteiger partial charge < -0.3 is 21.9 Å². The van der Waals surface area contributed by atoms with Crippen molar-refractivity contribution in [3.05, 3.63) is 22.4 Å². The Balaban J connectivity index is 2.23. The summed E-state index contributed by atoms with van der Waals surface area (Å²) in [5.41, 5.74) is 11.2. The average molecular weight is 229 g/mol. The molecular weight excluding hydrogens is 214 g/mol. The van der Waals surface area contributed by atoms with Crippen molar-refractivity contribution in [1.29, 1.82) is 0 Å². The standard InChI is InChI=1S/C9H15N3O2S/c10-7(9(11)14)3-12-4-8(13)6-1-2-15-5-6/h1-2,5,7-8,12-13H,3-4,10H2,(H2,11,14). The third-order valence-electron chi connectivity index (χ3n) is 2.00. The molecule has 0 fully saturated rings. The molecule has 0 aliphatic heterocycles. The van der Waals surface area contributed by atoms with Crippen LogP contribution in [0.2, 0.25) is 0 Å². The van der Waals surface area contributed by atoms with Gasteiger partial charge in [-0.05, 0) is 22.4 Å². The van der Waals surface area contributed by atoms with Crippen LogP contribution in [0.25, 0.3) is 0 Å². The molecule has 5 nitrogen and oxygen atoms in total. The molecule has 0 aromatic carbocycles. The number of carbonyl (C=O) groups is 1. The van der Waals surface area contributed by atoms with Crippen LogP contribution in [0.15, 0.2) is 16.8 Å². The van der Waals surface area contributed by atoms with Crippen molar-refractivity contribution in [2.75, 3.05) is 13.1 Å². The molecule has 15 heavy (non-hydrogen) atoms. The molecule has 84 valence electrons. The smallest absolute Gasteiger partial charge is 0.235 e. The summed E-state index contributed by atoms with van der Waals surface area (Å²) in [5.74, 6) is -0.549. The van der Waals surface area contributed by atoms with Gasteiger partial charge in [0.25, 0.3) is 0 Å². The maximum absolute atomic E-state index is 10.6. The number of hydrogen-bond donors (Lipinski definition) is 4. The van der Waals surface area contributed by atoms with Gasteiger partial charge in [-0.1, -0.05) is 0 Å². The summed E-state index contributed by atoms with van der Waals surface area (Å²) in [4.78, 5) is 10.6. The number of carbonyl (C=O) groups excluding carboxylic acids is 1. The van der Waals surface area contributed by atoms with Gasteiger partial charge in [0.2, 0.25) is 5.91 Å². The molecule has 1 rings (SSSR count). The van der Waals surface area contributed by atoms with E-state index in [9.17, 15) is 9.90 Å². The van der Waals surface area contributed by atoms with Gasteiger partial charge in [0.05, 0.1) is 12.1 Å². The number of aliphatic hydroxyl groups is 1. The van der Waals surface area contributed by atoms with Crippen LogP contribution in [0.1, 0.15) is 11.7 Å². The number of rotatable bonds is 6. The number of nitrogens with two attached hydrogens (primary N) is 2. The maximum atomic E-state index is 10.6. The van der Waals surface area contributed by atoms with Crippen molar-refractivity contribution in [3.8, 4) is 0 Å². The SMILES string of the molecule is NC(=O)C(N)CNCC(O)c1ccsc1. The van der Waals surface area contributed by atoms with Crippen molar-refractivity contribution in [2.45, 2.75) is 12.1 Å². The van der Waals surface area contributed by atoms with E-state index < -0.39 is 18.1 Å². The summed E-state index contributed by atoms with van der Waals surface area (Å²) in [5, 5.41) is 16.3. The number of amides is 1. The minimum atomic E-state index is -0.709. The quantitative estimate of drug-likeness (QED) is 0.512. The number of nitrogens with one attached hydrogen (secondary N) is 1. The molecule has 0 radical (unpaired) electrons.